The summed E-state index contributed by atoms with van der Waals surface area (Å²) in [5.74, 6) is 0. The summed E-state index contributed by atoms with van der Waals surface area (Å²) < 4.78 is 76.7. The third-order valence-electron chi connectivity index (χ3n) is 1.75. The van der Waals surface area contributed by atoms with Crippen LogP contribution < -0.4 is 0 Å². The van der Waals surface area contributed by atoms with Crippen molar-refractivity contribution in [1.29, 1.82) is 0 Å². The Kier molecular flexibility index (Phi) is 5.05. The van der Waals surface area contributed by atoms with Gasteiger partial charge >= 0.3 is 12.4 Å². The molecular weight excluding hydrogens is 238 g/mol. The molecule has 0 heterocycles. The van der Waals surface area contributed by atoms with Gasteiger partial charge in [-0.05, 0) is 0 Å². The maximum Gasteiger partial charge on any atom is 0.416 e. The number of halogens is 6. The Morgan fingerprint density at radius 2 is 1.75 bits per heavy atom. The van der Waals surface area contributed by atoms with E-state index in [-0.39, 0.29) is 0 Å². The first-order valence-electron chi connectivity index (χ1n) is 4.12. The SMILES string of the molecule is C=C/C(=C\CC(OC)C(F)(F)F)C(F)(F)F. The second-order valence-corrected chi connectivity index (χ2v) is 2.86. The number of rotatable bonds is 4. The lowest BCUT2D eigenvalue weighted by Crippen LogP contribution is -2.30. The number of alkyl halides is 6. The zero-order valence-electron chi connectivity index (χ0n) is 8.32. The van der Waals surface area contributed by atoms with Gasteiger partial charge in [0.1, 0.15) is 0 Å². The quantitative estimate of drug-likeness (QED) is 0.545. The molecule has 7 heteroatoms. The topological polar surface area (TPSA) is 9.23 Å². The second kappa shape index (κ2) is 5.38. The lowest BCUT2D eigenvalue weighted by atomic mass is 10.1. The van der Waals surface area contributed by atoms with Crippen molar-refractivity contribution in [2.45, 2.75) is 24.9 Å². The molecule has 0 N–H and O–H groups in total. The van der Waals surface area contributed by atoms with Gasteiger partial charge in [-0.15, -0.1) is 0 Å². The minimum atomic E-state index is -4.70. The lowest BCUT2D eigenvalue weighted by molar-refractivity contribution is -0.211. The van der Waals surface area contributed by atoms with Crippen LogP contribution in [0.1, 0.15) is 6.42 Å². The fourth-order valence-corrected chi connectivity index (χ4v) is 0.912. The molecule has 0 aliphatic rings. The van der Waals surface area contributed by atoms with E-state index in [1.807, 2.05) is 0 Å². The van der Waals surface area contributed by atoms with Crippen molar-refractivity contribution in [2.75, 3.05) is 7.11 Å². The predicted molar refractivity (Wildman–Crippen MR) is 45.8 cm³/mol. The molecule has 0 aliphatic heterocycles. The van der Waals surface area contributed by atoms with Crippen LogP contribution in [-0.2, 0) is 4.74 Å². The Morgan fingerprint density at radius 3 is 2.00 bits per heavy atom. The lowest BCUT2D eigenvalue weighted by Gasteiger charge is -2.17. The van der Waals surface area contributed by atoms with E-state index < -0.39 is 30.5 Å². The van der Waals surface area contributed by atoms with Crippen LogP contribution in [0.15, 0.2) is 24.3 Å². The van der Waals surface area contributed by atoms with Crippen molar-refractivity contribution in [2.24, 2.45) is 0 Å². The second-order valence-electron chi connectivity index (χ2n) is 2.86. The normalized spacial score (nSPS) is 16.1. The smallest absolute Gasteiger partial charge is 0.372 e. The summed E-state index contributed by atoms with van der Waals surface area (Å²) in [5.41, 5.74) is -1.21. The summed E-state index contributed by atoms with van der Waals surface area (Å²) in [5, 5.41) is 0. The van der Waals surface area contributed by atoms with Gasteiger partial charge in [-0.3, -0.25) is 0 Å². The Morgan fingerprint density at radius 1 is 1.25 bits per heavy atom. The number of ether oxygens (including phenoxy) is 1. The molecule has 0 radical (unpaired) electrons. The maximum absolute atomic E-state index is 12.1. The Bertz CT molecular complexity index is 262. The molecule has 0 amide bonds. The molecule has 0 saturated heterocycles. The highest BCUT2D eigenvalue weighted by molar-refractivity contribution is 5.21. The van der Waals surface area contributed by atoms with Gasteiger partial charge in [-0.2, -0.15) is 26.3 Å². The average Bonchev–Trinajstić information content (AvgIpc) is 2.08. The summed E-state index contributed by atoms with van der Waals surface area (Å²) in [4.78, 5) is 0. The monoisotopic (exact) mass is 248 g/mol. The van der Waals surface area contributed by atoms with E-state index in [2.05, 4.69) is 11.3 Å². The van der Waals surface area contributed by atoms with E-state index >= 15 is 0 Å². The van der Waals surface area contributed by atoms with Crippen molar-refractivity contribution in [3.05, 3.63) is 24.3 Å². The van der Waals surface area contributed by atoms with Gasteiger partial charge in [-0.25, -0.2) is 0 Å². The maximum atomic E-state index is 12.1. The molecular formula is C9H10F6O. The molecule has 1 unspecified atom stereocenters. The van der Waals surface area contributed by atoms with Gasteiger partial charge in [0.25, 0.3) is 0 Å². The summed E-state index contributed by atoms with van der Waals surface area (Å²) in [7, 11) is 0.785. The van der Waals surface area contributed by atoms with Crippen molar-refractivity contribution in [1.82, 2.24) is 0 Å². The Balaban J connectivity index is 4.72. The first kappa shape index (κ1) is 15.0. The first-order chi connectivity index (χ1) is 7.12. The first-order valence-corrected chi connectivity index (χ1v) is 4.12. The fraction of sp³-hybridized carbons (Fsp3) is 0.556. The van der Waals surface area contributed by atoms with Crippen LogP contribution in [-0.4, -0.2) is 25.6 Å². The Hall–Kier alpha value is -0.980. The third kappa shape index (κ3) is 4.69. The predicted octanol–water partition coefficient (Wildman–Crippen LogP) is 3.63. The number of allylic oxidation sites excluding steroid dienone is 2. The zero-order valence-corrected chi connectivity index (χ0v) is 8.32. The highest BCUT2D eigenvalue weighted by Crippen LogP contribution is 2.29. The van der Waals surface area contributed by atoms with E-state index in [1.165, 1.54) is 0 Å². The van der Waals surface area contributed by atoms with Crippen LogP contribution in [0.2, 0.25) is 0 Å². The van der Waals surface area contributed by atoms with Crippen molar-refractivity contribution < 1.29 is 31.1 Å². The zero-order chi connectivity index (χ0) is 13.0. The standard InChI is InChI=1S/C9H10F6O/c1-3-6(8(10,11)12)4-5-7(16-2)9(13,14)15/h3-4,7H,1,5H2,2H3/b6-4+. The third-order valence-corrected chi connectivity index (χ3v) is 1.75. The molecule has 1 nitrogen and oxygen atoms in total. The molecule has 0 bridgehead atoms. The number of hydrogen-bond donors (Lipinski definition) is 0. The van der Waals surface area contributed by atoms with Gasteiger partial charge in [0.05, 0.1) is 5.57 Å². The minimum Gasteiger partial charge on any atom is -0.372 e. The number of hydrogen-bond acceptors (Lipinski definition) is 1. The van der Waals surface area contributed by atoms with Crippen molar-refractivity contribution >= 4 is 0 Å². The van der Waals surface area contributed by atoms with E-state index in [1.54, 1.807) is 0 Å². The molecule has 94 valence electrons. The van der Waals surface area contributed by atoms with E-state index in [0.29, 0.717) is 12.2 Å². The summed E-state index contributed by atoms with van der Waals surface area (Å²) in [6.45, 7) is 2.88. The molecule has 0 aromatic rings. The molecule has 0 spiro atoms. The molecule has 16 heavy (non-hydrogen) atoms. The average molecular weight is 248 g/mol. The molecule has 0 aromatic heterocycles. The molecule has 1 atom stereocenters. The largest absolute Gasteiger partial charge is 0.416 e. The van der Waals surface area contributed by atoms with Gasteiger partial charge in [-0.1, -0.05) is 18.7 Å². The van der Waals surface area contributed by atoms with Crippen LogP contribution >= 0.6 is 0 Å². The van der Waals surface area contributed by atoms with Crippen LogP contribution in [0.5, 0.6) is 0 Å². The van der Waals surface area contributed by atoms with E-state index in [9.17, 15) is 26.3 Å². The summed E-state index contributed by atoms with van der Waals surface area (Å²) >= 11 is 0. The number of methoxy groups -OCH3 is 1. The molecule has 0 fully saturated rings. The van der Waals surface area contributed by atoms with Crippen LogP contribution in [0.25, 0.3) is 0 Å². The van der Waals surface area contributed by atoms with Gasteiger partial charge < -0.3 is 4.74 Å². The van der Waals surface area contributed by atoms with Gasteiger partial charge in [0.15, 0.2) is 6.10 Å². The van der Waals surface area contributed by atoms with Crippen molar-refractivity contribution in [3.8, 4) is 0 Å². The highest BCUT2D eigenvalue weighted by atomic mass is 19.4. The van der Waals surface area contributed by atoms with Gasteiger partial charge in [0, 0.05) is 13.5 Å². The van der Waals surface area contributed by atoms with E-state index in [4.69, 9.17) is 0 Å². The molecule has 0 rings (SSSR count). The molecule has 0 saturated carbocycles. The fourth-order valence-electron chi connectivity index (χ4n) is 0.912. The minimum absolute atomic E-state index is 0.411. The summed E-state index contributed by atoms with van der Waals surface area (Å²) in [6.07, 6.45) is -11.7. The van der Waals surface area contributed by atoms with Crippen LogP contribution in [0.4, 0.5) is 26.3 Å². The van der Waals surface area contributed by atoms with E-state index in [0.717, 1.165) is 7.11 Å². The summed E-state index contributed by atoms with van der Waals surface area (Å²) in [6, 6.07) is 0. The van der Waals surface area contributed by atoms with Crippen LogP contribution in [0, 0.1) is 0 Å². The van der Waals surface area contributed by atoms with Crippen LogP contribution in [0.3, 0.4) is 0 Å². The Labute approximate surface area is 88.4 Å². The molecule has 0 aliphatic carbocycles. The van der Waals surface area contributed by atoms with Crippen molar-refractivity contribution in [3.63, 3.8) is 0 Å². The highest BCUT2D eigenvalue weighted by Gasteiger charge is 2.40. The molecule has 0 aromatic carbocycles. The van der Waals surface area contributed by atoms with Gasteiger partial charge in [0.2, 0.25) is 0 Å².